The van der Waals surface area contributed by atoms with Gasteiger partial charge < -0.3 is 14.8 Å². The Hall–Kier alpha value is -2.41. The van der Waals surface area contributed by atoms with Crippen LogP contribution in [0.15, 0.2) is 41.2 Å². The van der Waals surface area contributed by atoms with Gasteiger partial charge in [0.25, 0.3) is 5.56 Å². The van der Waals surface area contributed by atoms with Gasteiger partial charge in [-0.3, -0.25) is 9.69 Å². The molecule has 0 aliphatic carbocycles. The number of nitrogens with one attached hydrogen (secondary N) is 1. The molecule has 6 nitrogen and oxygen atoms in total. The number of para-hydroxylation sites is 1. The number of benzene rings is 2. The minimum atomic E-state index is -0.669. The van der Waals surface area contributed by atoms with E-state index >= 15 is 0 Å². The van der Waals surface area contributed by atoms with Gasteiger partial charge in [-0.25, -0.2) is 4.98 Å². The van der Waals surface area contributed by atoms with Crippen LogP contribution in [0.4, 0.5) is 0 Å². The standard InChI is InChI=1S/C23H28ClN3O3/c1-4-10-27(12-18(28)14-30-22-15(2)6-5-7-16(22)3)13-21-25-20-11-17(24)8-9-19(20)23(29)26-21/h5-9,11,18,28H,4,10,12-14H2,1-3H3,(H,25,26,29). The molecule has 0 saturated carbocycles. The van der Waals surface area contributed by atoms with Crippen LogP contribution in [0.5, 0.6) is 5.75 Å². The van der Waals surface area contributed by atoms with Crippen LogP contribution in [0, 0.1) is 13.8 Å². The van der Waals surface area contributed by atoms with Gasteiger partial charge in [-0.05, 0) is 56.1 Å². The molecule has 0 aliphatic heterocycles. The van der Waals surface area contributed by atoms with Gasteiger partial charge in [-0.1, -0.05) is 36.7 Å². The molecule has 7 heteroatoms. The first-order valence-electron chi connectivity index (χ1n) is 10.1. The number of aromatic nitrogens is 2. The Morgan fingerprint density at radius 1 is 1.23 bits per heavy atom. The van der Waals surface area contributed by atoms with E-state index in [2.05, 4.69) is 21.8 Å². The summed E-state index contributed by atoms with van der Waals surface area (Å²) < 4.78 is 5.88. The number of nitrogens with zero attached hydrogens (tertiary/aromatic N) is 2. The molecule has 160 valence electrons. The number of hydrogen-bond donors (Lipinski definition) is 2. The summed E-state index contributed by atoms with van der Waals surface area (Å²) in [6.45, 7) is 7.85. The molecule has 0 bridgehead atoms. The second-order valence-electron chi connectivity index (χ2n) is 7.59. The number of rotatable bonds is 9. The van der Waals surface area contributed by atoms with Gasteiger partial charge >= 0.3 is 0 Å². The summed E-state index contributed by atoms with van der Waals surface area (Å²) in [6.07, 6.45) is 0.242. The van der Waals surface area contributed by atoms with E-state index in [1.807, 2.05) is 32.0 Å². The van der Waals surface area contributed by atoms with Gasteiger partial charge in [-0.2, -0.15) is 0 Å². The lowest BCUT2D eigenvalue weighted by atomic mass is 10.1. The SMILES string of the molecule is CCCN(Cc1nc2cc(Cl)ccc2c(=O)[nH]1)CC(O)COc1c(C)cccc1C. The normalized spacial score (nSPS) is 12.5. The molecule has 0 amide bonds. The summed E-state index contributed by atoms with van der Waals surface area (Å²) in [6, 6.07) is 11.0. The third-order valence-corrected chi connectivity index (χ3v) is 5.16. The fraction of sp³-hybridized carbons (Fsp3) is 0.391. The van der Waals surface area contributed by atoms with Gasteiger partial charge in [0.2, 0.25) is 0 Å². The lowest BCUT2D eigenvalue weighted by Gasteiger charge is -2.24. The molecule has 30 heavy (non-hydrogen) atoms. The van der Waals surface area contributed by atoms with Crippen molar-refractivity contribution in [1.29, 1.82) is 0 Å². The maximum absolute atomic E-state index is 12.4. The van der Waals surface area contributed by atoms with E-state index in [9.17, 15) is 9.90 Å². The zero-order valence-corrected chi connectivity index (χ0v) is 18.4. The predicted molar refractivity (Wildman–Crippen MR) is 120 cm³/mol. The van der Waals surface area contributed by atoms with Crippen molar-refractivity contribution in [2.75, 3.05) is 19.7 Å². The first kappa shape index (κ1) is 22.3. The predicted octanol–water partition coefficient (Wildman–Crippen LogP) is 3.85. The number of aliphatic hydroxyl groups is 1. The molecule has 2 aromatic carbocycles. The average Bonchev–Trinajstić information content (AvgIpc) is 2.67. The molecular weight excluding hydrogens is 402 g/mol. The van der Waals surface area contributed by atoms with Gasteiger partial charge in [0.15, 0.2) is 0 Å². The number of hydrogen-bond acceptors (Lipinski definition) is 5. The zero-order chi connectivity index (χ0) is 21.7. The quantitative estimate of drug-likeness (QED) is 0.540. The van der Waals surface area contributed by atoms with Crippen LogP contribution in [-0.2, 0) is 6.54 Å². The van der Waals surface area contributed by atoms with Crippen molar-refractivity contribution in [1.82, 2.24) is 14.9 Å². The van der Waals surface area contributed by atoms with E-state index in [4.69, 9.17) is 16.3 Å². The van der Waals surface area contributed by atoms with Crippen LogP contribution in [-0.4, -0.2) is 45.8 Å². The monoisotopic (exact) mass is 429 g/mol. The fourth-order valence-electron chi connectivity index (χ4n) is 3.56. The molecule has 1 atom stereocenters. The van der Waals surface area contributed by atoms with Gasteiger partial charge in [-0.15, -0.1) is 0 Å². The maximum Gasteiger partial charge on any atom is 0.258 e. The molecule has 2 N–H and O–H groups in total. The molecule has 0 fully saturated rings. The zero-order valence-electron chi connectivity index (χ0n) is 17.6. The molecule has 0 radical (unpaired) electrons. The summed E-state index contributed by atoms with van der Waals surface area (Å²) in [5.41, 5.74) is 2.46. The van der Waals surface area contributed by atoms with E-state index in [1.54, 1.807) is 18.2 Å². The Labute approximate surface area is 181 Å². The Kier molecular flexibility index (Phi) is 7.48. The molecule has 3 aromatic rings. The summed E-state index contributed by atoms with van der Waals surface area (Å²) in [7, 11) is 0. The van der Waals surface area contributed by atoms with Crippen molar-refractivity contribution < 1.29 is 9.84 Å². The second kappa shape index (κ2) is 10.1. The Balaban J connectivity index is 1.68. The van der Waals surface area contributed by atoms with E-state index in [-0.39, 0.29) is 12.2 Å². The summed E-state index contributed by atoms with van der Waals surface area (Å²) in [5, 5.41) is 11.6. The van der Waals surface area contributed by atoms with E-state index in [1.165, 1.54) is 0 Å². The minimum Gasteiger partial charge on any atom is -0.490 e. The third-order valence-electron chi connectivity index (χ3n) is 4.93. The van der Waals surface area contributed by atoms with Gasteiger partial charge in [0, 0.05) is 11.6 Å². The highest BCUT2D eigenvalue weighted by molar-refractivity contribution is 6.31. The summed E-state index contributed by atoms with van der Waals surface area (Å²) >= 11 is 6.05. The highest BCUT2D eigenvalue weighted by Crippen LogP contribution is 2.22. The number of aromatic amines is 1. The maximum atomic E-state index is 12.4. The number of H-pyrrole nitrogens is 1. The largest absolute Gasteiger partial charge is 0.490 e. The van der Waals surface area contributed by atoms with Crippen molar-refractivity contribution in [3.8, 4) is 5.75 Å². The number of ether oxygens (including phenoxy) is 1. The summed E-state index contributed by atoms with van der Waals surface area (Å²) in [4.78, 5) is 21.8. The van der Waals surface area contributed by atoms with Crippen LogP contribution in [0.3, 0.4) is 0 Å². The first-order valence-corrected chi connectivity index (χ1v) is 10.5. The topological polar surface area (TPSA) is 78.5 Å². The number of aliphatic hydroxyl groups excluding tert-OH is 1. The lowest BCUT2D eigenvalue weighted by Crippen LogP contribution is -2.36. The van der Waals surface area contributed by atoms with Gasteiger partial charge in [0.1, 0.15) is 24.3 Å². The number of halogens is 1. The van der Waals surface area contributed by atoms with E-state index in [0.29, 0.717) is 34.8 Å². The molecular formula is C23H28ClN3O3. The molecule has 1 unspecified atom stereocenters. The molecule has 0 saturated heterocycles. The van der Waals surface area contributed by atoms with Gasteiger partial charge in [0.05, 0.1) is 17.4 Å². The van der Waals surface area contributed by atoms with Crippen molar-refractivity contribution in [3.63, 3.8) is 0 Å². The van der Waals surface area contributed by atoms with Crippen LogP contribution in [0.1, 0.15) is 30.3 Å². The molecule has 0 spiro atoms. The lowest BCUT2D eigenvalue weighted by molar-refractivity contribution is 0.0643. The Morgan fingerprint density at radius 2 is 1.97 bits per heavy atom. The van der Waals surface area contributed by atoms with Crippen molar-refractivity contribution >= 4 is 22.5 Å². The van der Waals surface area contributed by atoms with Crippen LogP contribution in [0.2, 0.25) is 5.02 Å². The van der Waals surface area contributed by atoms with Crippen molar-refractivity contribution in [2.45, 2.75) is 39.8 Å². The summed E-state index contributed by atoms with van der Waals surface area (Å²) in [5.74, 6) is 1.36. The smallest absolute Gasteiger partial charge is 0.258 e. The molecule has 0 aliphatic rings. The molecule has 3 rings (SSSR count). The van der Waals surface area contributed by atoms with Crippen molar-refractivity contribution in [3.05, 3.63) is 68.7 Å². The van der Waals surface area contributed by atoms with Crippen LogP contribution in [0.25, 0.3) is 10.9 Å². The Bertz CT molecular complexity index is 1050. The van der Waals surface area contributed by atoms with Crippen molar-refractivity contribution in [2.24, 2.45) is 0 Å². The van der Waals surface area contributed by atoms with Crippen LogP contribution >= 0.6 is 11.6 Å². The second-order valence-corrected chi connectivity index (χ2v) is 8.03. The number of fused-ring (bicyclic) bond motifs is 1. The van der Waals surface area contributed by atoms with E-state index in [0.717, 1.165) is 29.8 Å². The molecule has 1 heterocycles. The third kappa shape index (κ3) is 5.59. The number of aryl methyl sites for hydroxylation is 2. The fourth-order valence-corrected chi connectivity index (χ4v) is 3.72. The minimum absolute atomic E-state index is 0.193. The average molecular weight is 430 g/mol. The van der Waals surface area contributed by atoms with Crippen LogP contribution < -0.4 is 10.3 Å². The first-order chi connectivity index (χ1) is 14.4. The highest BCUT2D eigenvalue weighted by Gasteiger charge is 2.15. The van der Waals surface area contributed by atoms with E-state index < -0.39 is 6.10 Å². The molecule has 1 aromatic heterocycles. The Morgan fingerprint density at radius 3 is 2.67 bits per heavy atom. The highest BCUT2D eigenvalue weighted by atomic mass is 35.5.